The second-order valence-electron chi connectivity index (χ2n) is 4.51. The summed E-state index contributed by atoms with van der Waals surface area (Å²) >= 11 is 4.74. The Labute approximate surface area is 126 Å². The molecule has 0 aliphatic rings. The molecule has 4 N–H and O–H groups in total. The highest BCUT2D eigenvalue weighted by atomic mass is 32.1. The summed E-state index contributed by atoms with van der Waals surface area (Å²) in [5.41, 5.74) is 6.84. The lowest BCUT2D eigenvalue weighted by atomic mass is 10.1. The van der Waals surface area contributed by atoms with Crippen molar-refractivity contribution in [1.82, 2.24) is 0 Å². The van der Waals surface area contributed by atoms with Crippen LogP contribution < -0.4 is 11.1 Å². The van der Waals surface area contributed by atoms with E-state index in [1.54, 1.807) is 13.0 Å². The number of thiocarbonyl (C=S) groups is 1. The number of carbonyl (C=O) groups excluding carboxylic acids is 1. The van der Waals surface area contributed by atoms with E-state index in [1.165, 1.54) is 30.3 Å². The SMILES string of the molecule is Cc1cc(C(=O)Nc2ccc(F)c(C(N)=S)c2)ccc1O. The highest BCUT2D eigenvalue weighted by Gasteiger charge is 2.11. The smallest absolute Gasteiger partial charge is 0.255 e. The lowest BCUT2D eigenvalue weighted by Crippen LogP contribution is -2.15. The topological polar surface area (TPSA) is 75.4 Å². The van der Waals surface area contributed by atoms with Crippen molar-refractivity contribution < 1.29 is 14.3 Å². The molecule has 0 spiro atoms. The molecule has 108 valence electrons. The number of rotatable bonds is 3. The van der Waals surface area contributed by atoms with Gasteiger partial charge < -0.3 is 16.2 Å². The number of carbonyl (C=O) groups is 1. The summed E-state index contributed by atoms with van der Waals surface area (Å²) in [5.74, 6) is -0.802. The van der Waals surface area contributed by atoms with E-state index in [4.69, 9.17) is 18.0 Å². The minimum Gasteiger partial charge on any atom is -0.508 e. The number of nitrogens with one attached hydrogen (secondary N) is 1. The van der Waals surface area contributed by atoms with Crippen molar-refractivity contribution >= 4 is 28.8 Å². The van der Waals surface area contributed by atoms with Crippen molar-refractivity contribution in [2.75, 3.05) is 5.32 Å². The van der Waals surface area contributed by atoms with Gasteiger partial charge in [-0.3, -0.25) is 4.79 Å². The Balaban J connectivity index is 2.25. The van der Waals surface area contributed by atoms with Crippen molar-refractivity contribution in [3.63, 3.8) is 0 Å². The minimum absolute atomic E-state index is 0.0738. The third kappa shape index (κ3) is 3.35. The third-order valence-corrected chi connectivity index (χ3v) is 3.17. The first-order chi connectivity index (χ1) is 9.88. The van der Waals surface area contributed by atoms with Gasteiger partial charge >= 0.3 is 0 Å². The fourth-order valence-corrected chi connectivity index (χ4v) is 1.95. The van der Waals surface area contributed by atoms with Crippen LogP contribution in [0.5, 0.6) is 5.75 Å². The first-order valence-corrected chi connectivity index (χ1v) is 6.49. The summed E-state index contributed by atoms with van der Waals surface area (Å²) in [6.07, 6.45) is 0. The predicted molar refractivity (Wildman–Crippen MR) is 83.1 cm³/mol. The molecule has 2 rings (SSSR count). The molecule has 0 saturated heterocycles. The summed E-state index contributed by atoms with van der Waals surface area (Å²) in [7, 11) is 0. The van der Waals surface area contributed by atoms with Gasteiger partial charge in [0.15, 0.2) is 0 Å². The first-order valence-electron chi connectivity index (χ1n) is 6.09. The molecule has 0 aliphatic carbocycles. The average molecular weight is 304 g/mol. The Hall–Kier alpha value is -2.47. The van der Waals surface area contributed by atoms with Gasteiger partial charge in [-0.05, 0) is 48.9 Å². The van der Waals surface area contributed by atoms with Gasteiger partial charge in [0, 0.05) is 16.8 Å². The molecule has 0 fully saturated rings. The van der Waals surface area contributed by atoms with Crippen LogP contribution in [0, 0.1) is 12.7 Å². The highest BCUT2D eigenvalue weighted by Crippen LogP contribution is 2.19. The van der Waals surface area contributed by atoms with E-state index in [0.717, 1.165) is 0 Å². The molecule has 0 saturated carbocycles. The van der Waals surface area contributed by atoms with Gasteiger partial charge in [-0.15, -0.1) is 0 Å². The molecule has 2 aromatic carbocycles. The van der Waals surface area contributed by atoms with E-state index in [1.807, 2.05) is 0 Å². The van der Waals surface area contributed by atoms with E-state index in [2.05, 4.69) is 5.32 Å². The number of benzene rings is 2. The van der Waals surface area contributed by atoms with Crippen molar-refractivity contribution in [3.05, 3.63) is 58.9 Å². The van der Waals surface area contributed by atoms with Crippen LogP contribution in [0.1, 0.15) is 21.5 Å². The lowest BCUT2D eigenvalue weighted by molar-refractivity contribution is 0.102. The molecule has 0 aliphatic heterocycles. The summed E-state index contributed by atoms with van der Waals surface area (Å²) in [6, 6.07) is 8.48. The molecule has 6 heteroatoms. The van der Waals surface area contributed by atoms with Crippen LogP contribution in [0.25, 0.3) is 0 Å². The van der Waals surface area contributed by atoms with E-state index in [0.29, 0.717) is 16.8 Å². The Bertz CT molecular complexity index is 732. The summed E-state index contributed by atoms with van der Waals surface area (Å²) < 4.78 is 13.5. The Morgan fingerprint density at radius 1 is 1.29 bits per heavy atom. The molecule has 0 unspecified atom stereocenters. The van der Waals surface area contributed by atoms with E-state index < -0.39 is 5.82 Å². The number of anilines is 1. The number of phenolic OH excluding ortho intramolecular Hbond substituents is 1. The molecule has 0 atom stereocenters. The molecule has 0 bridgehead atoms. The monoisotopic (exact) mass is 304 g/mol. The van der Waals surface area contributed by atoms with E-state index in [9.17, 15) is 14.3 Å². The van der Waals surface area contributed by atoms with Gasteiger partial charge in [0.05, 0.1) is 0 Å². The van der Waals surface area contributed by atoms with Crippen molar-refractivity contribution in [1.29, 1.82) is 0 Å². The number of halogens is 1. The normalized spacial score (nSPS) is 10.2. The Morgan fingerprint density at radius 3 is 2.62 bits per heavy atom. The number of nitrogens with two attached hydrogens (primary N) is 1. The van der Waals surface area contributed by atoms with Gasteiger partial charge in [-0.1, -0.05) is 12.2 Å². The fourth-order valence-electron chi connectivity index (χ4n) is 1.79. The maximum absolute atomic E-state index is 13.5. The highest BCUT2D eigenvalue weighted by molar-refractivity contribution is 7.80. The molecule has 21 heavy (non-hydrogen) atoms. The van der Waals surface area contributed by atoms with Crippen LogP contribution in [0.4, 0.5) is 10.1 Å². The molecular formula is C15H13FN2O2S. The molecule has 1 amide bonds. The van der Waals surface area contributed by atoms with Crippen molar-refractivity contribution in [2.24, 2.45) is 5.73 Å². The summed E-state index contributed by atoms with van der Waals surface area (Å²) in [6.45, 7) is 1.69. The summed E-state index contributed by atoms with van der Waals surface area (Å²) in [5, 5.41) is 12.1. The predicted octanol–water partition coefficient (Wildman–Crippen LogP) is 2.73. The van der Waals surface area contributed by atoms with Crippen molar-refractivity contribution in [3.8, 4) is 5.75 Å². The molecule has 4 nitrogen and oxygen atoms in total. The molecule has 2 aromatic rings. The Morgan fingerprint density at radius 2 is 2.00 bits per heavy atom. The third-order valence-electron chi connectivity index (χ3n) is 2.95. The zero-order valence-corrected chi connectivity index (χ0v) is 12.0. The number of aromatic hydroxyl groups is 1. The summed E-state index contributed by atoms with van der Waals surface area (Å²) in [4.78, 5) is 12.0. The quantitative estimate of drug-likeness (QED) is 0.762. The number of aryl methyl sites for hydroxylation is 1. The van der Waals surface area contributed by atoms with Gasteiger partial charge in [0.25, 0.3) is 5.91 Å². The standard InChI is InChI=1S/C15H13FN2O2S/c1-8-6-9(2-5-13(8)19)15(20)18-10-3-4-12(16)11(7-10)14(17)21/h2-7,19H,1H3,(H2,17,21)(H,18,20). The minimum atomic E-state index is -0.541. The number of amides is 1. The van der Waals surface area contributed by atoms with Crippen LogP contribution >= 0.6 is 12.2 Å². The molecular weight excluding hydrogens is 291 g/mol. The van der Waals surface area contributed by atoms with Crippen LogP contribution in [0.15, 0.2) is 36.4 Å². The van der Waals surface area contributed by atoms with Gasteiger partial charge in [0.1, 0.15) is 16.6 Å². The number of phenols is 1. The fraction of sp³-hybridized carbons (Fsp3) is 0.0667. The van der Waals surface area contributed by atoms with E-state index in [-0.39, 0.29) is 22.2 Å². The zero-order valence-electron chi connectivity index (χ0n) is 11.2. The molecule has 0 heterocycles. The van der Waals surface area contributed by atoms with Gasteiger partial charge in [-0.2, -0.15) is 0 Å². The molecule has 0 aromatic heterocycles. The zero-order chi connectivity index (χ0) is 15.6. The van der Waals surface area contributed by atoms with Gasteiger partial charge in [-0.25, -0.2) is 4.39 Å². The van der Waals surface area contributed by atoms with Crippen LogP contribution in [-0.4, -0.2) is 16.0 Å². The second kappa shape index (κ2) is 5.88. The van der Waals surface area contributed by atoms with Crippen molar-refractivity contribution in [2.45, 2.75) is 6.92 Å². The maximum atomic E-state index is 13.5. The average Bonchev–Trinajstić information content (AvgIpc) is 2.43. The second-order valence-corrected chi connectivity index (χ2v) is 4.95. The Kier molecular flexibility index (Phi) is 4.18. The number of hydrogen-bond donors (Lipinski definition) is 3. The van der Waals surface area contributed by atoms with Crippen LogP contribution in [0.2, 0.25) is 0 Å². The van der Waals surface area contributed by atoms with Gasteiger partial charge in [0.2, 0.25) is 0 Å². The largest absolute Gasteiger partial charge is 0.508 e. The maximum Gasteiger partial charge on any atom is 0.255 e. The molecule has 0 radical (unpaired) electrons. The first kappa shape index (κ1) is 14.9. The lowest BCUT2D eigenvalue weighted by Gasteiger charge is -2.09. The van der Waals surface area contributed by atoms with Crippen LogP contribution in [-0.2, 0) is 0 Å². The number of hydrogen-bond acceptors (Lipinski definition) is 3. The van der Waals surface area contributed by atoms with E-state index >= 15 is 0 Å². The van der Waals surface area contributed by atoms with Crippen LogP contribution in [0.3, 0.4) is 0 Å².